The molecule has 0 fully saturated rings. The Kier molecular flexibility index (Phi) is 6.41. The van der Waals surface area contributed by atoms with Gasteiger partial charge in [0.25, 0.3) is 5.91 Å². The molecule has 8 heteroatoms. The zero-order chi connectivity index (χ0) is 21.2. The molecular formula is C20H32N4O4. The molecule has 4 amide bonds. The lowest BCUT2D eigenvalue weighted by Gasteiger charge is -2.44. The van der Waals surface area contributed by atoms with Crippen molar-refractivity contribution >= 4 is 17.8 Å². The van der Waals surface area contributed by atoms with E-state index in [0.29, 0.717) is 17.0 Å². The van der Waals surface area contributed by atoms with Crippen molar-refractivity contribution in [2.75, 3.05) is 20.1 Å². The highest BCUT2D eigenvalue weighted by atomic mass is 16.5. The predicted octanol–water partition coefficient (Wildman–Crippen LogP) is 1.50. The molecule has 2 atom stereocenters. The minimum atomic E-state index is -1.01. The highest BCUT2D eigenvalue weighted by Crippen LogP contribution is 2.42. The van der Waals surface area contributed by atoms with Crippen LogP contribution in [-0.2, 0) is 14.3 Å². The maximum atomic E-state index is 13.0. The number of nitrogens with one attached hydrogen (secondary N) is 3. The molecule has 0 saturated carbocycles. The highest BCUT2D eigenvalue weighted by Gasteiger charge is 2.46. The Morgan fingerprint density at radius 3 is 2.46 bits per heavy atom. The van der Waals surface area contributed by atoms with Gasteiger partial charge in [0.05, 0.1) is 5.70 Å². The van der Waals surface area contributed by atoms with Gasteiger partial charge in [-0.2, -0.15) is 0 Å². The van der Waals surface area contributed by atoms with Crippen LogP contribution in [-0.4, -0.2) is 54.5 Å². The second-order valence-electron chi connectivity index (χ2n) is 8.13. The van der Waals surface area contributed by atoms with Gasteiger partial charge in [-0.1, -0.05) is 13.8 Å². The molecule has 2 rings (SSSR count). The third-order valence-electron chi connectivity index (χ3n) is 5.14. The third kappa shape index (κ3) is 4.31. The second kappa shape index (κ2) is 8.24. The van der Waals surface area contributed by atoms with Crippen molar-refractivity contribution in [3.8, 4) is 0 Å². The Balaban J connectivity index is 2.40. The van der Waals surface area contributed by atoms with Gasteiger partial charge in [-0.15, -0.1) is 0 Å². The number of hydrogen-bond acceptors (Lipinski definition) is 4. The van der Waals surface area contributed by atoms with Gasteiger partial charge in [0.1, 0.15) is 5.76 Å². The number of hydrogen-bond donors (Lipinski definition) is 3. The number of nitrogens with zero attached hydrogens (tertiary/aromatic N) is 1. The summed E-state index contributed by atoms with van der Waals surface area (Å²) in [6.45, 7) is 11.9. The van der Waals surface area contributed by atoms with Crippen LogP contribution in [0.5, 0.6) is 0 Å². The lowest BCUT2D eigenvalue weighted by Crippen LogP contribution is -2.54. The van der Waals surface area contributed by atoms with Crippen LogP contribution in [0.2, 0.25) is 0 Å². The first-order valence-electron chi connectivity index (χ1n) is 9.72. The van der Waals surface area contributed by atoms with Gasteiger partial charge in [0, 0.05) is 37.7 Å². The van der Waals surface area contributed by atoms with E-state index in [-0.39, 0.29) is 48.8 Å². The van der Waals surface area contributed by atoms with Gasteiger partial charge in [0.15, 0.2) is 5.60 Å². The van der Waals surface area contributed by atoms with Crippen LogP contribution >= 0.6 is 0 Å². The number of carbonyl (C=O) groups is 3. The molecule has 8 nitrogen and oxygen atoms in total. The molecular weight excluding hydrogens is 360 g/mol. The Morgan fingerprint density at radius 1 is 1.25 bits per heavy atom. The van der Waals surface area contributed by atoms with Crippen LogP contribution in [0.25, 0.3) is 0 Å². The monoisotopic (exact) mass is 392 g/mol. The summed E-state index contributed by atoms with van der Waals surface area (Å²) in [6, 6.07) is -0.297. The van der Waals surface area contributed by atoms with Gasteiger partial charge in [-0.05, 0) is 39.7 Å². The van der Waals surface area contributed by atoms with Crippen molar-refractivity contribution in [1.82, 2.24) is 20.9 Å². The molecule has 2 unspecified atom stereocenters. The molecule has 0 aromatic rings. The van der Waals surface area contributed by atoms with E-state index < -0.39 is 5.60 Å². The molecule has 156 valence electrons. The predicted molar refractivity (Wildman–Crippen MR) is 106 cm³/mol. The smallest absolute Gasteiger partial charge is 0.314 e. The van der Waals surface area contributed by atoms with Crippen molar-refractivity contribution < 1.29 is 19.1 Å². The lowest BCUT2D eigenvalue weighted by molar-refractivity contribution is -0.154. The Bertz CT molecular complexity index is 724. The lowest BCUT2D eigenvalue weighted by atomic mass is 9.80. The number of urea groups is 1. The normalized spacial score (nSPS) is 23.6. The molecule has 0 bridgehead atoms. The first-order chi connectivity index (χ1) is 13.0. The maximum Gasteiger partial charge on any atom is 0.314 e. The first kappa shape index (κ1) is 21.8. The molecule has 28 heavy (non-hydrogen) atoms. The minimum Gasteiger partial charge on any atom is -0.480 e. The molecule has 2 aliphatic rings. The fourth-order valence-corrected chi connectivity index (χ4v) is 3.40. The summed E-state index contributed by atoms with van der Waals surface area (Å²) in [7, 11) is 1.53. The van der Waals surface area contributed by atoms with E-state index in [0.717, 1.165) is 0 Å². The highest BCUT2D eigenvalue weighted by molar-refractivity contribution is 5.96. The number of allylic oxidation sites excluding steroid dienone is 2. The van der Waals surface area contributed by atoms with Crippen molar-refractivity contribution in [1.29, 1.82) is 0 Å². The summed E-state index contributed by atoms with van der Waals surface area (Å²) in [5.41, 5.74) is 0.216. The largest absolute Gasteiger partial charge is 0.480 e. The van der Waals surface area contributed by atoms with Crippen LogP contribution < -0.4 is 16.0 Å². The van der Waals surface area contributed by atoms with E-state index in [9.17, 15) is 14.4 Å². The average molecular weight is 393 g/mol. The summed E-state index contributed by atoms with van der Waals surface area (Å²) in [4.78, 5) is 38.8. The van der Waals surface area contributed by atoms with Crippen molar-refractivity contribution in [3.05, 3.63) is 23.1 Å². The Labute approximate surface area is 166 Å². The van der Waals surface area contributed by atoms with Crippen LogP contribution in [0.1, 0.15) is 41.5 Å². The van der Waals surface area contributed by atoms with Crippen LogP contribution in [0.4, 0.5) is 4.79 Å². The van der Waals surface area contributed by atoms with Crippen molar-refractivity contribution in [2.45, 2.75) is 53.2 Å². The fourth-order valence-electron chi connectivity index (χ4n) is 3.40. The van der Waals surface area contributed by atoms with Gasteiger partial charge in [-0.25, -0.2) is 4.79 Å². The maximum absolute atomic E-state index is 13.0. The van der Waals surface area contributed by atoms with E-state index in [1.54, 1.807) is 24.8 Å². The number of amides is 4. The van der Waals surface area contributed by atoms with E-state index in [1.807, 2.05) is 27.7 Å². The van der Waals surface area contributed by atoms with Gasteiger partial charge in [0.2, 0.25) is 5.91 Å². The summed E-state index contributed by atoms with van der Waals surface area (Å²) in [5, 5.41) is 8.11. The topological polar surface area (TPSA) is 99.8 Å². The van der Waals surface area contributed by atoms with Crippen molar-refractivity contribution in [3.63, 3.8) is 0 Å². The summed E-state index contributed by atoms with van der Waals surface area (Å²) in [5.74, 6) is 0.258. The minimum absolute atomic E-state index is 0.0160. The average Bonchev–Trinajstić information content (AvgIpc) is 2.61. The number of rotatable bonds is 5. The molecule has 1 aliphatic carbocycles. The zero-order valence-electron chi connectivity index (χ0n) is 17.8. The summed E-state index contributed by atoms with van der Waals surface area (Å²) < 4.78 is 6.07. The summed E-state index contributed by atoms with van der Waals surface area (Å²) in [6.07, 6.45) is 1.75. The first-order valence-corrected chi connectivity index (χ1v) is 9.72. The molecule has 3 N–H and O–H groups in total. The number of ether oxygens (including phenoxy) is 1. The van der Waals surface area contributed by atoms with Crippen LogP contribution in [0, 0.1) is 11.8 Å². The van der Waals surface area contributed by atoms with Crippen LogP contribution in [0.3, 0.4) is 0 Å². The molecule has 1 aliphatic heterocycles. The number of carbonyl (C=O) groups excluding carboxylic acids is 3. The van der Waals surface area contributed by atoms with Crippen molar-refractivity contribution in [2.24, 2.45) is 11.8 Å². The standard InChI is InChI=1S/C20H32N4O4/c1-11(2)23-17(25)14-10-15-16(13(4)12(14)3)28-20(5,6)18(26)24(15)9-8-22-19(27)21-7/h10-13H,8-9H2,1-7H3,(H,23,25)(H2,21,22,27). The van der Waals surface area contributed by atoms with E-state index in [4.69, 9.17) is 4.74 Å². The Morgan fingerprint density at radius 2 is 1.89 bits per heavy atom. The van der Waals surface area contributed by atoms with E-state index in [1.165, 1.54) is 7.05 Å². The molecule has 0 aromatic heterocycles. The molecule has 0 radical (unpaired) electrons. The Hall–Kier alpha value is -2.51. The quantitative estimate of drug-likeness (QED) is 0.660. The van der Waals surface area contributed by atoms with Gasteiger partial charge in [-0.3, -0.25) is 9.59 Å². The van der Waals surface area contributed by atoms with Crippen LogP contribution in [0.15, 0.2) is 23.1 Å². The molecule has 0 saturated heterocycles. The summed E-state index contributed by atoms with van der Waals surface area (Å²) >= 11 is 0. The third-order valence-corrected chi connectivity index (χ3v) is 5.14. The molecule has 1 heterocycles. The molecule has 0 aromatic carbocycles. The second-order valence-corrected chi connectivity index (χ2v) is 8.13. The fraction of sp³-hybridized carbons (Fsp3) is 0.650. The van der Waals surface area contributed by atoms with E-state index in [2.05, 4.69) is 16.0 Å². The van der Waals surface area contributed by atoms with E-state index >= 15 is 0 Å². The zero-order valence-corrected chi connectivity index (χ0v) is 17.8. The van der Waals surface area contributed by atoms with Gasteiger partial charge >= 0.3 is 6.03 Å². The van der Waals surface area contributed by atoms with Gasteiger partial charge < -0.3 is 25.6 Å². The molecule has 0 spiro atoms. The SMILES string of the molecule is CNC(=O)NCCN1C(=O)C(C)(C)OC2=C1C=C(C(=O)NC(C)C)C(C)C2C.